The van der Waals surface area contributed by atoms with Crippen LogP contribution in [0.4, 0.5) is 0 Å². The van der Waals surface area contributed by atoms with Crippen molar-refractivity contribution in [2.75, 3.05) is 6.61 Å². The molecule has 1 N–H and O–H groups in total. The molecule has 0 atom stereocenters. The van der Waals surface area contributed by atoms with Gasteiger partial charge in [-0.05, 0) is 76.7 Å². The van der Waals surface area contributed by atoms with Gasteiger partial charge >= 0.3 is 5.97 Å². The number of benzene rings is 4. The van der Waals surface area contributed by atoms with Crippen LogP contribution in [-0.4, -0.2) is 27.5 Å². The summed E-state index contributed by atoms with van der Waals surface area (Å²) >= 11 is 13.0. The molecule has 0 fully saturated rings. The van der Waals surface area contributed by atoms with E-state index in [4.69, 9.17) is 32.7 Å². The lowest BCUT2D eigenvalue weighted by atomic mass is 10.0. The molecule has 5 rings (SSSR count). The van der Waals surface area contributed by atoms with Crippen molar-refractivity contribution in [3.05, 3.63) is 117 Å². The van der Waals surface area contributed by atoms with Crippen molar-refractivity contribution in [2.24, 2.45) is 0 Å². The summed E-state index contributed by atoms with van der Waals surface area (Å²) in [6, 6.07) is 22.4. The van der Waals surface area contributed by atoms with E-state index in [0.717, 1.165) is 38.9 Å². The lowest BCUT2D eigenvalue weighted by Gasteiger charge is -2.16. The predicted octanol–water partition coefficient (Wildman–Crippen LogP) is 8.66. The van der Waals surface area contributed by atoms with Crippen molar-refractivity contribution < 1.29 is 19.4 Å². The molecule has 1 aromatic heterocycles. The van der Waals surface area contributed by atoms with Crippen LogP contribution in [0.2, 0.25) is 10.0 Å². The van der Waals surface area contributed by atoms with E-state index in [2.05, 4.69) is 18.9 Å². The summed E-state index contributed by atoms with van der Waals surface area (Å²) in [5.74, 6) is 0.312. The van der Waals surface area contributed by atoms with Crippen molar-refractivity contribution in [3.8, 4) is 17.2 Å². The highest BCUT2D eigenvalue weighted by molar-refractivity contribution is 6.37. The molecule has 8 heteroatoms. The van der Waals surface area contributed by atoms with Crippen LogP contribution in [0.25, 0.3) is 16.5 Å². The Bertz CT molecular complexity index is 1710. The molecule has 210 valence electrons. The minimum atomic E-state index is -1.01. The van der Waals surface area contributed by atoms with E-state index in [0.29, 0.717) is 34.5 Å². The van der Waals surface area contributed by atoms with Crippen LogP contribution >= 0.6 is 23.2 Å². The SMILES string of the molecule is Cc1cc(OCc2c(C(C)C)cnn2-c2c(Cl)cccc2Cl)ccc1CCOc1cc2ccccc2cc1C(=O)O. The molecule has 0 radical (unpaired) electrons. The number of aryl methyl sites for hydroxylation is 1. The molecule has 0 saturated carbocycles. The number of ether oxygens (including phenoxy) is 2. The van der Waals surface area contributed by atoms with Gasteiger partial charge in [0.15, 0.2) is 0 Å². The maximum absolute atomic E-state index is 11.8. The molecule has 0 aliphatic carbocycles. The van der Waals surface area contributed by atoms with E-state index in [1.807, 2.05) is 55.6 Å². The molecule has 0 spiro atoms. The van der Waals surface area contributed by atoms with Crippen LogP contribution in [0.3, 0.4) is 0 Å². The summed E-state index contributed by atoms with van der Waals surface area (Å²) in [6.07, 6.45) is 2.45. The van der Waals surface area contributed by atoms with Crippen molar-refractivity contribution >= 4 is 39.9 Å². The second kappa shape index (κ2) is 12.2. The Morgan fingerprint density at radius 2 is 1.66 bits per heavy atom. The molecule has 6 nitrogen and oxygen atoms in total. The summed E-state index contributed by atoms with van der Waals surface area (Å²) in [5.41, 5.74) is 4.86. The van der Waals surface area contributed by atoms with Gasteiger partial charge in [0.2, 0.25) is 0 Å². The largest absolute Gasteiger partial charge is 0.492 e. The van der Waals surface area contributed by atoms with Crippen LogP contribution in [0.1, 0.15) is 52.5 Å². The summed E-state index contributed by atoms with van der Waals surface area (Å²) in [6.45, 7) is 6.87. The van der Waals surface area contributed by atoms with Crippen LogP contribution in [0, 0.1) is 6.92 Å². The fourth-order valence-corrected chi connectivity index (χ4v) is 5.42. The second-order valence-electron chi connectivity index (χ2n) is 10.2. The van der Waals surface area contributed by atoms with E-state index in [1.54, 1.807) is 35.0 Å². The van der Waals surface area contributed by atoms with E-state index < -0.39 is 5.97 Å². The first kappa shape index (κ1) is 28.5. The molecule has 0 saturated heterocycles. The molecule has 41 heavy (non-hydrogen) atoms. The van der Waals surface area contributed by atoms with Crippen LogP contribution in [0.5, 0.6) is 11.5 Å². The molecule has 4 aromatic carbocycles. The predicted molar refractivity (Wildman–Crippen MR) is 163 cm³/mol. The molecule has 0 aliphatic rings. The first-order valence-electron chi connectivity index (χ1n) is 13.3. The van der Waals surface area contributed by atoms with E-state index in [-0.39, 0.29) is 18.1 Å². The molecule has 0 bridgehead atoms. The Morgan fingerprint density at radius 1 is 0.951 bits per heavy atom. The third-order valence-corrected chi connectivity index (χ3v) is 7.68. The third kappa shape index (κ3) is 6.19. The number of carbonyl (C=O) groups is 1. The van der Waals surface area contributed by atoms with Gasteiger partial charge in [0.1, 0.15) is 29.4 Å². The van der Waals surface area contributed by atoms with Crippen molar-refractivity contribution in [2.45, 2.75) is 39.7 Å². The zero-order valence-electron chi connectivity index (χ0n) is 23.0. The summed E-state index contributed by atoms with van der Waals surface area (Å²) in [5, 5.41) is 17.1. The normalized spacial score (nSPS) is 11.3. The maximum atomic E-state index is 11.8. The standard InChI is InChI=1S/C33H30Cl2N2O4/c1-20(2)27-18-36-37(32-28(34)9-6-10-29(32)35)30(27)19-41-25-12-11-22(21(3)15-25)13-14-40-31-17-24-8-5-4-7-23(24)16-26(31)33(38)39/h4-12,15-18,20H,13-14,19H2,1-3H3,(H,38,39). The van der Waals surface area contributed by atoms with Gasteiger partial charge in [0, 0.05) is 6.42 Å². The first-order valence-corrected chi connectivity index (χ1v) is 14.1. The Balaban J connectivity index is 1.29. The van der Waals surface area contributed by atoms with Gasteiger partial charge in [-0.3, -0.25) is 0 Å². The van der Waals surface area contributed by atoms with Gasteiger partial charge in [-0.1, -0.05) is 73.4 Å². The fraction of sp³-hybridized carbons (Fsp3) is 0.212. The lowest BCUT2D eigenvalue weighted by Crippen LogP contribution is -2.10. The van der Waals surface area contributed by atoms with E-state index >= 15 is 0 Å². The number of hydrogen-bond donors (Lipinski definition) is 1. The minimum absolute atomic E-state index is 0.155. The number of halogens is 2. The number of nitrogens with zero attached hydrogens (tertiary/aromatic N) is 2. The lowest BCUT2D eigenvalue weighted by molar-refractivity contribution is 0.0692. The average molecular weight is 590 g/mol. The maximum Gasteiger partial charge on any atom is 0.339 e. The van der Waals surface area contributed by atoms with Gasteiger partial charge in [-0.25, -0.2) is 9.48 Å². The fourth-order valence-electron chi connectivity index (χ4n) is 4.86. The minimum Gasteiger partial charge on any atom is -0.492 e. The number of para-hydroxylation sites is 1. The second-order valence-corrected chi connectivity index (χ2v) is 11.0. The number of carboxylic acid groups (broad SMARTS) is 1. The molecule has 1 heterocycles. The molecule has 0 unspecified atom stereocenters. The number of aromatic nitrogens is 2. The highest BCUT2D eigenvalue weighted by Gasteiger charge is 2.19. The first-order chi connectivity index (χ1) is 19.7. The zero-order chi connectivity index (χ0) is 29.1. The van der Waals surface area contributed by atoms with Gasteiger partial charge in [-0.15, -0.1) is 0 Å². The molecule has 5 aromatic rings. The molecule has 0 amide bonds. The third-order valence-electron chi connectivity index (χ3n) is 7.07. The molecular weight excluding hydrogens is 559 g/mol. The number of hydrogen-bond acceptors (Lipinski definition) is 4. The van der Waals surface area contributed by atoms with Crippen LogP contribution in [0.15, 0.2) is 79.0 Å². The van der Waals surface area contributed by atoms with Gasteiger partial charge < -0.3 is 14.6 Å². The highest BCUT2D eigenvalue weighted by atomic mass is 35.5. The van der Waals surface area contributed by atoms with Crippen LogP contribution < -0.4 is 9.47 Å². The number of rotatable bonds is 10. The van der Waals surface area contributed by atoms with E-state index in [9.17, 15) is 9.90 Å². The van der Waals surface area contributed by atoms with Crippen LogP contribution in [-0.2, 0) is 13.0 Å². The monoisotopic (exact) mass is 588 g/mol. The summed E-state index contributed by atoms with van der Waals surface area (Å²) in [7, 11) is 0. The number of carboxylic acids is 1. The molecule has 0 aliphatic heterocycles. The Hall–Kier alpha value is -4.00. The van der Waals surface area contributed by atoms with Gasteiger partial charge in [-0.2, -0.15) is 5.10 Å². The van der Waals surface area contributed by atoms with Crippen molar-refractivity contribution in [3.63, 3.8) is 0 Å². The quantitative estimate of drug-likeness (QED) is 0.177. The molecular formula is C33H30Cl2N2O4. The summed E-state index contributed by atoms with van der Waals surface area (Å²) in [4.78, 5) is 11.8. The highest BCUT2D eigenvalue weighted by Crippen LogP contribution is 2.32. The zero-order valence-corrected chi connectivity index (χ0v) is 24.5. The summed E-state index contributed by atoms with van der Waals surface area (Å²) < 4.78 is 14.0. The Kier molecular flexibility index (Phi) is 8.52. The number of fused-ring (bicyclic) bond motifs is 1. The van der Waals surface area contributed by atoms with Crippen molar-refractivity contribution in [1.29, 1.82) is 0 Å². The van der Waals surface area contributed by atoms with Gasteiger partial charge in [0.05, 0.1) is 28.5 Å². The average Bonchev–Trinajstić information content (AvgIpc) is 3.36. The number of aromatic carboxylic acids is 1. The van der Waals surface area contributed by atoms with Crippen molar-refractivity contribution in [1.82, 2.24) is 9.78 Å². The van der Waals surface area contributed by atoms with E-state index in [1.165, 1.54) is 0 Å². The Labute approximate surface area is 249 Å². The topological polar surface area (TPSA) is 73.6 Å². The smallest absolute Gasteiger partial charge is 0.339 e. The Morgan fingerprint density at radius 3 is 2.32 bits per heavy atom. The van der Waals surface area contributed by atoms with Gasteiger partial charge in [0.25, 0.3) is 0 Å².